The Morgan fingerprint density at radius 3 is 2.44 bits per heavy atom. The number of ether oxygens (including phenoxy) is 1. The van der Waals surface area contributed by atoms with Crippen molar-refractivity contribution in [3.05, 3.63) is 80.6 Å². The smallest absolute Gasteiger partial charge is 0.271 e. The number of pyridine rings is 1. The van der Waals surface area contributed by atoms with Gasteiger partial charge in [-0.25, -0.2) is 15.0 Å². The SMILES string of the molecule is CN(C)c1c(Br)cnc2sc3c(=O)n(C4CCCCC4)cnc3c12.COc1ccc(-n2cnccc2=O)cc1. The summed E-state index contributed by atoms with van der Waals surface area (Å²) in [5.74, 6) is 0.760. The van der Waals surface area contributed by atoms with Gasteiger partial charge in [-0.3, -0.25) is 18.7 Å². The van der Waals surface area contributed by atoms with Crippen molar-refractivity contribution in [3.8, 4) is 11.4 Å². The molecule has 202 valence electrons. The van der Waals surface area contributed by atoms with Gasteiger partial charge in [-0.05, 0) is 53.0 Å². The number of nitrogens with zero attached hydrogens (tertiary/aromatic N) is 6. The maximum Gasteiger partial charge on any atom is 0.271 e. The van der Waals surface area contributed by atoms with Crippen molar-refractivity contribution < 1.29 is 4.74 Å². The average molecular weight is 610 g/mol. The summed E-state index contributed by atoms with van der Waals surface area (Å²) in [7, 11) is 5.59. The first-order valence-corrected chi connectivity index (χ1v) is 14.3. The minimum absolute atomic E-state index is 0.0794. The second-order valence-electron chi connectivity index (χ2n) is 9.54. The molecule has 0 bridgehead atoms. The van der Waals surface area contributed by atoms with Crippen LogP contribution in [0.25, 0.3) is 26.1 Å². The third-order valence-corrected chi connectivity index (χ3v) is 8.51. The van der Waals surface area contributed by atoms with E-state index in [0.29, 0.717) is 10.7 Å². The number of benzene rings is 1. The van der Waals surface area contributed by atoms with Crippen molar-refractivity contribution in [1.29, 1.82) is 0 Å². The van der Waals surface area contributed by atoms with E-state index in [4.69, 9.17) is 4.74 Å². The first kappa shape index (κ1) is 27.0. The van der Waals surface area contributed by atoms with Gasteiger partial charge in [0, 0.05) is 38.6 Å². The van der Waals surface area contributed by atoms with Crippen LogP contribution in [0.3, 0.4) is 0 Å². The van der Waals surface area contributed by atoms with Crippen molar-refractivity contribution in [2.45, 2.75) is 38.1 Å². The second kappa shape index (κ2) is 11.7. The molecule has 0 saturated heterocycles. The van der Waals surface area contributed by atoms with Gasteiger partial charge in [0.05, 0.1) is 34.7 Å². The van der Waals surface area contributed by atoms with Gasteiger partial charge in [0.15, 0.2) is 0 Å². The van der Waals surface area contributed by atoms with Crippen molar-refractivity contribution in [1.82, 2.24) is 24.1 Å². The zero-order valence-electron chi connectivity index (χ0n) is 22.0. The third-order valence-electron chi connectivity index (χ3n) is 6.85. The average Bonchev–Trinajstić information content (AvgIpc) is 3.34. The molecule has 0 amide bonds. The Hall–Kier alpha value is -3.57. The Labute approximate surface area is 237 Å². The Bertz CT molecular complexity index is 1720. The predicted molar refractivity (Wildman–Crippen MR) is 160 cm³/mol. The minimum atomic E-state index is -0.102. The number of hydrogen-bond donors (Lipinski definition) is 0. The maximum absolute atomic E-state index is 13.0. The lowest BCUT2D eigenvalue weighted by Crippen LogP contribution is -2.26. The van der Waals surface area contributed by atoms with E-state index in [1.807, 2.05) is 35.7 Å². The monoisotopic (exact) mass is 608 g/mol. The van der Waals surface area contributed by atoms with Gasteiger partial charge in [0.25, 0.3) is 11.1 Å². The Balaban J connectivity index is 0.000000177. The fraction of sp³-hybridized carbons (Fsp3) is 0.321. The van der Waals surface area contributed by atoms with Crippen LogP contribution >= 0.6 is 27.3 Å². The standard InChI is InChI=1S/C17H19BrN4OS.C11H10N2O2/c1-21(2)14-11(18)8-19-16-12(14)13-15(24-16)17(23)22(9-20-13)10-6-4-3-5-7-10;1-15-10-4-2-9(3-5-10)13-8-12-7-6-11(13)14/h8-10H,3-7H2,1-2H3;2-8H,1H3. The Morgan fingerprint density at radius 1 is 1.03 bits per heavy atom. The number of hydrogen-bond acceptors (Lipinski definition) is 8. The van der Waals surface area contributed by atoms with Crippen molar-refractivity contribution >= 4 is 53.4 Å². The van der Waals surface area contributed by atoms with E-state index in [2.05, 4.69) is 30.9 Å². The van der Waals surface area contributed by atoms with Crippen LogP contribution in [0.4, 0.5) is 5.69 Å². The molecule has 0 N–H and O–H groups in total. The van der Waals surface area contributed by atoms with Crippen LogP contribution < -0.4 is 20.8 Å². The van der Waals surface area contributed by atoms with Gasteiger partial charge in [-0.1, -0.05) is 19.3 Å². The third kappa shape index (κ3) is 5.46. The second-order valence-corrected chi connectivity index (χ2v) is 11.4. The molecule has 1 fully saturated rings. The molecule has 0 radical (unpaired) electrons. The normalized spacial score (nSPS) is 13.7. The first-order chi connectivity index (χ1) is 18.9. The Morgan fingerprint density at radius 2 is 1.77 bits per heavy atom. The molecule has 1 saturated carbocycles. The lowest BCUT2D eigenvalue weighted by molar-refractivity contribution is 0.345. The highest BCUT2D eigenvalue weighted by Gasteiger charge is 2.22. The molecule has 4 heterocycles. The summed E-state index contributed by atoms with van der Waals surface area (Å²) in [5.41, 5.74) is 2.54. The fourth-order valence-corrected chi connectivity index (χ4v) is 6.60. The summed E-state index contributed by atoms with van der Waals surface area (Å²) < 4.78 is 9.98. The molecule has 1 aliphatic rings. The molecule has 39 heavy (non-hydrogen) atoms. The van der Waals surface area contributed by atoms with Crippen LogP contribution in [0.2, 0.25) is 0 Å². The van der Waals surface area contributed by atoms with Crippen molar-refractivity contribution in [2.75, 3.05) is 26.1 Å². The first-order valence-electron chi connectivity index (χ1n) is 12.7. The van der Waals surface area contributed by atoms with Gasteiger partial charge >= 0.3 is 0 Å². The van der Waals surface area contributed by atoms with Crippen LogP contribution in [-0.2, 0) is 0 Å². The topological polar surface area (TPSA) is 95.1 Å². The molecule has 1 aromatic carbocycles. The number of halogens is 1. The summed E-state index contributed by atoms with van der Waals surface area (Å²) >= 11 is 5.03. The van der Waals surface area contributed by atoms with Gasteiger partial charge < -0.3 is 9.64 Å². The summed E-state index contributed by atoms with van der Waals surface area (Å²) in [4.78, 5) is 40.5. The van der Waals surface area contributed by atoms with Gasteiger partial charge in [0.1, 0.15) is 27.1 Å². The fourth-order valence-electron chi connectivity index (χ4n) is 4.91. The molecular formula is C28H29BrN6O3S. The molecule has 5 aromatic rings. The van der Waals surface area contributed by atoms with Gasteiger partial charge in [-0.2, -0.15) is 0 Å². The van der Waals surface area contributed by atoms with E-state index in [1.54, 1.807) is 31.8 Å². The highest BCUT2D eigenvalue weighted by molar-refractivity contribution is 9.10. The highest BCUT2D eigenvalue weighted by atomic mass is 79.9. The van der Waals surface area contributed by atoms with E-state index in [-0.39, 0.29) is 11.1 Å². The summed E-state index contributed by atoms with van der Waals surface area (Å²) in [6.45, 7) is 0. The highest BCUT2D eigenvalue weighted by Crippen LogP contribution is 2.39. The quantitative estimate of drug-likeness (QED) is 0.263. The summed E-state index contributed by atoms with van der Waals surface area (Å²) in [5, 5.41) is 0.960. The van der Waals surface area contributed by atoms with E-state index in [1.165, 1.54) is 53.8 Å². The van der Waals surface area contributed by atoms with Crippen LogP contribution in [-0.4, -0.2) is 45.3 Å². The van der Waals surface area contributed by atoms with Crippen LogP contribution in [0.15, 0.2) is 69.4 Å². The Kier molecular flexibility index (Phi) is 8.08. The van der Waals surface area contributed by atoms with Crippen LogP contribution in [0, 0.1) is 0 Å². The number of aromatic nitrogens is 5. The number of anilines is 1. The molecule has 6 rings (SSSR count). The zero-order valence-corrected chi connectivity index (χ0v) is 24.4. The molecule has 0 spiro atoms. The number of rotatable bonds is 4. The molecule has 4 aromatic heterocycles. The molecule has 0 atom stereocenters. The van der Waals surface area contributed by atoms with Crippen LogP contribution in [0.5, 0.6) is 5.75 Å². The summed E-state index contributed by atoms with van der Waals surface area (Å²) in [6.07, 6.45) is 12.3. The van der Waals surface area contributed by atoms with Gasteiger partial charge in [-0.15, -0.1) is 11.3 Å². The molecule has 11 heteroatoms. The largest absolute Gasteiger partial charge is 0.497 e. The predicted octanol–water partition coefficient (Wildman–Crippen LogP) is 5.58. The van der Waals surface area contributed by atoms with Crippen molar-refractivity contribution in [3.63, 3.8) is 0 Å². The zero-order chi connectivity index (χ0) is 27.5. The molecule has 1 aliphatic carbocycles. The van der Waals surface area contributed by atoms with E-state index in [0.717, 1.165) is 50.2 Å². The molecular weight excluding hydrogens is 580 g/mol. The minimum Gasteiger partial charge on any atom is -0.497 e. The lowest BCUT2D eigenvalue weighted by atomic mass is 9.95. The van der Waals surface area contributed by atoms with E-state index >= 15 is 0 Å². The number of thiophene rings is 1. The summed E-state index contributed by atoms with van der Waals surface area (Å²) in [6, 6.07) is 8.93. The van der Waals surface area contributed by atoms with Gasteiger partial charge in [0.2, 0.25) is 0 Å². The molecule has 0 unspecified atom stereocenters. The molecule has 0 aliphatic heterocycles. The molecule has 9 nitrogen and oxygen atoms in total. The van der Waals surface area contributed by atoms with E-state index < -0.39 is 0 Å². The van der Waals surface area contributed by atoms with Crippen LogP contribution in [0.1, 0.15) is 38.1 Å². The number of fused-ring (bicyclic) bond motifs is 3. The maximum atomic E-state index is 13.0. The van der Waals surface area contributed by atoms with E-state index in [9.17, 15) is 9.59 Å². The number of methoxy groups -OCH3 is 1. The lowest BCUT2D eigenvalue weighted by Gasteiger charge is -2.23. The van der Waals surface area contributed by atoms with Crippen molar-refractivity contribution in [2.24, 2.45) is 0 Å².